The van der Waals surface area contributed by atoms with Gasteiger partial charge in [-0.2, -0.15) is 4.98 Å². The third-order valence-electron chi connectivity index (χ3n) is 4.85. The topological polar surface area (TPSA) is 108 Å². The molecule has 3 rings (SSSR count). The number of halogens is 2. The van der Waals surface area contributed by atoms with E-state index in [1.807, 2.05) is 31.2 Å². The molecule has 2 aromatic heterocycles. The smallest absolute Gasteiger partial charge is 0.331 e. The Morgan fingerprint density at radius 1 is 1.09 bits per heavy atom. The number of H-pyrrole nitrogens is 1. The van der Waals surface area contributed by atoms with Crippen LogP contribution in [0.2, 0.25) is 0 Å². The molecule has 0 aliphatic heterocycles. The molecule has 0 saturated carbocycles. The highest BCUT2D eigenvalue weighted by Gasteiger charge is 2.17. The monoisotopic (exact) mass is 450 g/mol. The number of para-hydroxylation sites is 1. The van der Waals surface area contributed by atoms with Gasteiger partial charge >= 0.3 is 5.69 Å². The van der Waals surface area contributed by atoms with Crippen LogP contribution in [-0.4, -0.2) is 38.7 Å². The van der Waals surface area contributed by atoms with Crippen LogP contribution in [0.1, 0.15) is 24.8 Å². The van der Waals surface area contributed by atoms with Crippen LogP contribution in [0.25, 0.3) is 11.0 Å². The first-order valence-electron chi connectivity index (χ1n) is 10.1. The molecule has 3 aromatic rings. The predicted molar refractivity (Wildman–Crippen MR) is 114 cm³/mol. The second-order valence-electron chi connectivity index (χ2n) is 7.22. The Morgan fingerprint density at radius 3 is 2.53 bits per heavy atom. The summed E-state index contributed by atoms with van der Waals surface area (Å²) in [6.45, 7) is 2.32. The minimum atomic E-state index is -2.53. The van der Waals surface area contributed by atoms with E-state index in [4.69, 9.17) is 9.47 Å². The zero-order chi connectivity index (χ0) is 23.3. The van der Waals surface area contributed by atoms with Crippen molar-refractivity contribution in [2.75, 3.05) is 13.2 Å². The lowest BCUT2D eigenvalue weighted by atomic mass is 10.2. The third kappa shape index (κ3) is 5.21. The number of benzene rings is 1. The van der Waals surface area contributed by atoms with Gasteiger partial charge in [0.1, 0.15) is 11.3 Å². The minimum absolute atomic E-state index is 0.0382. The maximum atomic E-state index is 12.6. The van der Waals surface area contributed by atoms with Gasteiger partial charge in [0, 0.05) is 26.4 Å². The molecule has 2 heterocycles. The Morgan fingerprint density at radius 2 is 1.81 bits per heavy atom. The number of aryl methyl sites for hydroxylation is 2. The highest BCUT2D eigenvalue weighted by Crippen LogP contribution is 2.16. The summed E-state index contributed by atoms with van der Waals surface area (Å²) in [5.74, 6) is 0.762. The molecular formula is C21H24F2N4O5. The maximum Gasteiger partial charge on any atom is 0.331 e. The molecular weight excluding hydrogens is 426 g/mol. The third-order valence-corrected chi connectivity index (χ3v) is 4.85. The van der Waals surface area contributed by atoms with Gasteiger partial charge in [-0.1, -0.05) is 18.2 Å². The first-order chi connectivity index (χ1) is 15.3. The van der Waals surface area contributed by atoms with Gasteiger partial charge in [0.2, 0.25) is 6.43 Å². The molecule has 0 fully saturated rings. The minimum Gasteiger partial charge on any atom is -0.493 e. The van der Waals surface area contributed by atoms with Gasteiger partial charge in [-0.25, -0.2) is 13.6 Å². The number of alkyl halides is 2. The lowest BCUT2D eigenvalue weighted by molar-refractivity contribution is 0.133. The van der Waals surface area contributed by atoms with Crippen molar-refractivity contribution >= 4 is 11.0 Å². The van der Waals surface area contributed by atoms with Crippen LogP contribution in [0.5, 0.6) is 11.8 Å². The fourth-order valence-electron chi connectivity index (χ4n) is 3.18. The van der Waals surface area contributed by atoms with Crippen LogP contribution in [-0.2, 0) is 13.6 Å². The number of aromatic nitrogens is 4. The van der Waals surface area contributed by atoms with E-state index in [-0.39, 0.29) is 36.6 Å². The zero-order valence-electron chi connectivity index (χ0n) is 17.8. The number of nitrogens with zero attached hydrogens (tertiary/aromatic N) is 3. The second-order valence-corrected chi connectivity index (χ2v) is 7.22. The number of rotatable bonds is 10. The Bertz CT molecular complexity index is 1270. The van der Waals surface area contributed by atoms with Crippen LogP contribution in [0.3, 0.4) is 0 Å². The van der Waals surface area contributed by atoms with Crippen molar-refractivity contribution in [2.45, 2.75) is 39.2 Å². The van der Waals surface area contributed by atoms with Gasteiger partial charge in [0.25, 0.3) is 17.1 Å². The van der Waals surface area contributed by atoms with Crippen LogP contribution in [0.15, 0.2) is 38.6 Å². The molecule has 0 amide bonds. The molecule has 0 radical (unpaired) electrons. The Kier molecular flexibility index (Phi) is 7.39. The van der Waals surface area contributed by atoms with Crippen molar-refractivity contribution in [1.29, 1.82) is 0 Å². The molecule has 0 unspecified atom stereocenters. The molecule has 0 aliphatic carbocycles. The highest BCUT2D eigenvalue weighted by atomic mass is 19.3. The van der Waals surface area contributed by atoms with E-state index in [0.29, 0.717) is 13.0 Å². The fraction of sp³-hybridized carbons (Fsp3) is 0.429. The number of hydrogen-bond acceptors (Lipinski definition) is 6. The van der Waals surface area contributed by atoms with Crippen molar-refractivity contribution in [3.63, 3.8) is 0 Å². The first kappa shape index (κ1) is 23.2. The van der Waals surface area contributed by atoms with Crippen LogP contribution in [0, 0.1) is 6.92 Å². The van der Waals surface area contributed by atoms with Gasteiger partial charge in [0.15, 0.2) is 5.52 Å². The molecule has 1 N–H and O–H groups in total. The molecule has 0 spiro atoms. The van der Waals surface area contributed by atoms with E-state index in [9.17, 15) is 23.2 Å². The maximum absolute atomic E-state index is 12.6. The van der Waals surface area contributed by atoms with Gasteiger partial charge in [0.05, 0.1) is 13.2 Å². The largest absolute Gasteiger partial charge is 0.493 e. The number of nitrogens with one attached hydrogen (secondary N) is 1. The molecule has 0 atom stereocenters. The van der Waals surface area contributed by atoms with Crippen LogP contribution >= 0.6 is 0 Å². The SMILES string of the molecule is Cc1ccccc1OCCCOc1nc2c(=O)n(C)c(=O)n(CCCC(F)F)c2c(=O)[nH]1. The average Bonchev–Trinajstić information content (AvgIpc) is 2.75. The van der Waals surface area contributed by atoms with Crippen molar-refractivity contribution in [3.8, 4) is 11.8 Å². The standard InChI is InChI=1S/C21H24F2N4O5/c1-13-7-3-4-8-14(13)31-11-6-12-32-20-24-16-17(18(28)25-20)27(10-5-9-15(22)23)21(30)26(2)19(16)29/h3-4,7-8,15H,5-6,9-12H2,1-2H3,(H,24,25,28). The second kappa shape index (κ2) is 10.2. The van der Waals surface area contributed by atoms with E-state index in [2.05, 4.69) is 9.97 Å². The molecule has 172 valence electrons. The Hall–Kier alpha value is -3.50. The fourth-order valence-corrected chi connectivity index (χ4v) is 3.18. The van der Waals surface area contributed by atoms with Crippen molar-refractivity contribution in [1.82, 2.24) is 19.1 Å². The van der Waals surface area contributed by atoms with Crippen molar-refractivity contribution < 1.29 is 18.3 Å². The van der Waals surface area contributed by atoms with E-state index in [1.165, 1.54) is 7.05 Å². The van der Waals surface area contributed by atoms with Gasteiger partial charge in [-0.15, -0.1) is 0 Å². The normalized spacial score (nSPS) is 11.3. The summed E-state index contributed by atoms with van der Waals surface area (Å²) in [5.41, 5.74) is -1.82. The quantitative estimate of drug-likeness (QED) is 0.473. The van der Waals surface area contributed by atoms with Gasteiger partial charge in [-0.05, 0) is 25.0 Å². The van der Waals surface area contributed by atoms with Crippen LogP contribution < -0.4 is 26.3 Å². The summed E-state index contributed by atoms with van der Waals surface area (Å²) in [5, 5.41) is 0. The van der Waals surface area contributed by atoms with Crippen molar-refractivity contribution in [3.05, 3.63) is 61.0 Å². The van der Waals surface area contributed by atoms with Crippen molar-refractivity contribution in [2.24, 2.45) is 7.05 Å². The molecule has 11 heteroatoms. The van der Waals surface area contributed by atoms with Crippen LogP contribution in [0.4, 0.5) is 8.78 Å². The summed E-state index contributed by atoms with van der Waals surface area (Å²) in [4.78, 5) is 43.9. The molecule has 9 nitrogen and oxygen atoms in total. The summed E-state index contributed by atoms with van der Waals surface area (Å²) in [7, 11) is 1.24. The van der Waals surface area contributed by atoms with Gasteiger partial charge in [-0.3, -0.25) is 23.7 Å². The van der Waals surface area contributed by atoms with E-state index >= 15 is 0 Å². The van der Waals surface area contributed by atoms with E-state index in [0.717, 1.165) is 20.4 Å². The molecule has 0 aliphatic rings. The number of fused-ring (bicyclic) bond motifs is 1. The zero-order valence-corrected chi connectivity index (χ0v) is 17.8. The highest BCUT2D eigenvalue weighted by molar-refractivity contribution is 5.72. The molecule has 0 saturated heterocycles. The number of aromatic amines is 1. The lowest BCUT2D eigenvalue weighted by Crippen LogP contribution is -2.41. The number of ether oxygens (including phenoxy) is 2. The average molecular weight is 450 g/mol. The molecule has 0 bridgehead atoms. The number of hydrogen-bond donors (Lipinski definition) is 1. The summed E-state index contributed by atoms with van der Waals surface area (Å²) < 4.78 is 37.8. The summed E-state index contributed by atoms with van der Waals surface area (Å²) >= 11 is 0. The first-order valence-corrected chi connectivity index (χ1v) is 10.1. The van der Waals surface area contributed by atoms with E-state index < -0.39 is 29.7 Å². The van der Waals surface area contributed by atoms with E-state index in [1.54, 1.807) is 0 Å². The predicted octanol–water partition coefficient (Wildman–Crippen LogP) is 1.99. The summed E-state index contributed by atoms with van der Waals surface area (Å²) in [6.07, 6.45) is -2.52. The Balaban J connectivity index is 1.75. The van der Waals surface area contributed by atoms with Gasteiger partial charge < -0.3 is 9.47 Å². The summed E-state index contributed by atoms with van der Waals surface area (Å²) in [6, 6.07) is 7.40. The molecule has 1 aromatic carbocycles. The Labute approximate surface area is 181 Å². The molecule has 32 heavy (non-hydrogen) atoms. The lowest BCUT2D eigenvalue weighted by Gasteiger charge is -2.12.